The van der Waals surface area contributed by atoms with E-state index in [0.717, 1.165) is 16.7 Å². The highest BCUT2D eigenvalue weighted by atomic mass is 16.5. The number of carboxylic acid groups (broad SMARTS) is 1. The number of rotatable bonds is 7. The van der Waals surface area contributed by atoms with Crippen LogP contribution < -0.4 is 10.1 Å². The lowest BCUT2D eigenvalue weighted by Gasteiger charge is -2.20. The zero-order valence-corrected chi connectivity index (χ0v) is 13.9. The fourth-order valence-corrected chi connectivity index (χ4v) is 2.55. The molecule has 0 aliphatic rings. The van der Waals surface area contributed by atoms with Crippen LogP contribution in [0.4, 0.5) is 0 Å². The molecule has 122 valence electrons. The maximum absolute atomic E-state index is 12.2. The van der Waals surface area contributed by atoms with Crippen LogP contribution >= 0.6 is 0 Å². The summed E-state index contributed by atoms with van der Waals surface area (Å²) in [6.07, 6.45) is 0.788. The van der Waals surface area contributed by atoms with Gasteiger partial charge in [-0.2, -0.15) is 0 Å². The molecule has 1 rings (SSSR count). The zero-order valence-electron chi connectivity index (χ0n) is 13.9. The summed E-state index contributed by atoms with van der Waals surface area (Å²) in [7, 11) is 1.57. The van der Waals surface area contributed by atoms with E-state index in [0.29, 0.717) is 12.2 Å². The summed E-state index contributed by atoms with van der Waals surface area (Å²) in [5, 5.41) is 11.9. The van der Waals surface area contributed by atoms with Crippen LogP contribution in [0, 0.1) is 19.8 Å². The van der Waals surface area contributed by atoms with Gasteiger partial charge in [0, 0.05) is 5.56 Å². The maximum atomic E-state index is 12.2. The standard InChI is InChI=1S/C17H25NO4/c1-6-11(3)15(17(20)21)18-14(19)9-13-8-10(2)7-12(4)16(13)22-5/h7-8,11,15H,6,9H2,1-5H3,(H,18,19)(H,20,21)/t11-,15-/m0/s1. The van der Waals surface area contributed by atoms with E-state index in [1.807, 2.05) is 39.8 Å². The second-order valence-corrected chi connectivity index (χ2v) is 5.72. The van der Waals surface area contributed by atoms with E-state index in [1.165, 1.54) is 0 Å². The second-order valence-electron chi connectivity index (χ2n) is 5.72. The van der Waals surface area contributed by atoms with Crippen LogP contribution in [0.25, 0.3) is 0 Å². The van der Waals surface area contributed by atoms with Gasteiger partial charge >= 0.3 is 5.97 Å². The molecule has 22 heavy (non-hydrogen) atoms. The molecule has 0 spiro atoms. The Morgan fingerprint density at radius 2 is 1.95 bits per heavy atom. The highest BCUT2D eigenvalue weighted by Gasteiger charge is 2.25. The second kappa shape index (κ2) is 7.82. The summed E-state index contributed by atoms with van der Waals surface area (Å²) in [5.41, 5.74) is 2.77. The Balaban J connectivity index is 2.91. The minimum Gasteiger partial charge on any atom is -0.496 e. The lowest BCUT2D eigenvalue weighted by atomic mass is 9.98. The van der Waals surface area contributed by atoms with Crippen molar-refractivity contribution in [1.29, 1.82) is 0 Å². The fraction of sp³-hybridized carbons (Fsp3) is 0.529. The van der Waals surface area contributed by atoms with Crippen molar-refractivity contribution in [2.75, 3.05) is 7.11 Å². The summed E-state index contributed by atoms with van der Waals surface area (Å²) >= 11 is 0. The summed E-state index contributed by atoms with van der Waals surface area (Å²) < 4.78 is 5.36. The third-order valence-electron chi connectivity index (χ3n) is 3.85. The van der Waals surface area contributed by atoms with Crippen LogP contribution in [0.15, 0.2) is 12.1 Å². The van der Waals surface area contributed by atoms with Gasteiger partial charge in [0.05, 0.1) is 13.5 Å². The molecule has 1 aromatic carbocycles. The molecule has 0 unspecified atom stereocenters. The van der Waals surface area contributed by atoms with Crippen LogP contribution in [-0.4, -0.2) is 30.1 Å². The van der Waals surface area contributed by atoms with Crippen LogP contribution in [0.3, 0.4) is 0 Å². The van der Waals surface area contributed by atoms with Gasteiger partial charge in [-0.25, -0.2) is 4.79 Å². The molecule has 0 radical (unpaired) electrons. The van der Waals surface area contributed by atoms with Gasteiger partial charge in [0.15, 0.2) is 0 Å². The SMILES string of the molecule is CC[C@H](C)[C@H](NC(=O)Cc1cc(C)cc(C)c1OC)C(=O)O. The van der Waals surface area contributed by atoms with Gasteiger partial charge in [0.25, 0.3) is 0 Å². The molecular formula is C17H25NO4. The lowest BCUT2D eigenvalue weighted by molar-refractivity contribution is -0.143. The first kappa shape index (κ1) is 18.0. The van der Waals surface area contributed by atoms with Gasteiger partial charge in [-0.3, -0.25) is 4.79 Å². The van der Waals surface area contributed by atoms with Gasteiger partial charge in [0.2, 0.25) is 5.91 Å². The average Bonchev–Trinajstić information content (AvgIpc) is 2.43. The van der Waals surface area contributed by atoms with E-state index in [2.05, 4.69) is 5.32 Å². The molecule has 5 nitrogen and oxygen atoms in total. The van der Waals surface area contributed by atoms with Crippen molar-refractivity contribution in [3.8, 4) is 5.75 Å². The number of carbonyl (C=O) groups excluding carboxylic acids is 1. The number of aryl methyl sites for hydroxylation is 2. The first-order chi connectivity index (χ1) is 10.3. The van der Waals surface area contributed by atoms with Crippen LogP contribution in [0.1, 0.15) is 37.0 Å². The number of aliphatic carboxylic acids is 1. The third kappa shape index (κ3) is 4.48. The molecule has 1 aromatic rings. The third-order valence-corrected chi connectivity index (χ3v) is 3.85. The summed E-state index contributed by atoms with van der Waals surface area (Å²) in [6.45, 7) is 7.59. The number of carboxylic acids is 1. The number of hydrogen-bond acceptors (Lipinski definition) is 3. The number of amides is 1. The molecule has 0 heterocycles. The van der Waals surface area contributed by atoms with Crippen molar-refractivity contribution in [1.82, 2.24) is 5.32 Å². The smallest absolute Gasteiger partial charge is 0.326 e. The highest BCUT2D eigenvalue weighted by molar-refractivity contribution is 5.85. The van der Waals surface area contributed by atoms with Gasteiger partial charge < -0.3 is 15.2 Å². The number of nitrogens with one attached hydrogen (secondary N) is 1. The normalized spacial score (nSPS) is 13.3. The minimum atomic E-state index is -1.00. The maximum Gasteiger partial charge on any atom is 0.326 e. The molecule has 2 atom stereocenters. The van der Waals surface area contributed by atoms with E-state index >= 15 is 0 Å². The largest absolute Gasteiger partial charge is 0.496 e. The molecule has 0 saturated heterocycles. The number of methoxy groups -OCH3 is 1. The number of hydrogen-bond donors (Lipinski definition) is 2. The van der Waals surface area contributed by atoms with E-state index in [4.69, 9.17) is 4.74 Å². The molecule has 1 amide bonds. The Kier molecular flexibility index (Phi) is 6.40. The fourth-order valence-electron chi connectivity index (χ4n) is 2.55. The Labute approximate surface area is 131 Å². The highest BCUT2D eigenvalue weighted by Crippen LogP contribution is 2.25. The van der Waals surface area contributed by atoms with Crippen LogP contribution in [-0.2, 0) is 16.0 Å². The topological polar surface area (TPSA) is 75.6 Å². The summed E-state index contributed by atoms with van der Waals surface area (Å²) in [6, 6.07) is 3.01. The van der Waals surface area contributed by atoms with Crippen molar-refractivity contribution >= 4 is 11.9 Å². The van der Waals surface area contributed by atoms with E-state index in [1.54, 1.807) is 7.11 Å². The number of ether oxygens (including phenoxy) is 1. The van der Waals surface area contributed by atoms with Crippen LogP contribution in [0.2, 0.25) is 0 Å². The van der Waals surface area contributed by atoms with Crippen molar-refractivity contribution in [2.24, 2.45) is 5.92 Å². The molecule has 0 aliphatic carbocycles. The Morgan fingerprint density at radius 3 is 2.45 bits per heavy atom. The van der Waals surface area contributed by atoms with Crippen molar-refractivity contribution < 1.29 is 19.4 Å². The Bertz CT molecular complexity index is 554. The van der Waals surface area contributed by atoms with Gasteiger partial charge in [-0.15, -0.1) is 0 Å². The molecule has 0 fully saturated rings. The molecule has 0 bridgehead atoms. The first-order valence-corrected chi connectivity index (χ1v) is 7.46. The van der Waals surface area contributed by atoms with E-state index in [-0.39, 0.29) is 18.2 Å². The zero-order chi connectivity index (χ0) is 16.9. The minimum absolute atomic E-state index is 0.103. The molecule has 0 saturated carbocycles. The van der Waals surface area contributed by atoms with Gasteiger partial charge in [-0.05, 0) is 25.3 Å². The first-order valence-electron chi connectivity index (χ1n) is 7.46. The molecular weight excluding hydrogens is 282 g/mol. The predicted molar refractivity (Wildman–Crippen MR) is 85.2 cm³/mol. The van der Waals surface area contributed by atoms with E-state index < -0.39 is 12.0 Å². The predicted octanol–water partition coefficient (Wildman–Crippen LogP) is 2.47. The van der Waals surface area contributed by atoms with E-state index in [9.17, 15) is 14.7 Å². The Morgan fingerprint density at radius 1 is 1.32 bits per heavy atom. The number of benzene rings is 1. The van der Waals surface area contributed by atoms with Crippen molar-refractivity contribution in [3.63, 3.8) is 0 Å². The van der Waals surface area contributed by atoms with Crippen LogP contribution in [0.5, 0.6) is 5.75 Å². The molecule has 0 aliphatic heterocycles. The summed E-state index contributed by atoms with van der Waals surface area (Å²) in [4.78, 5) is 23.5. The molecule has 2 N–H and O–H groups in total. The lowest BCUT2D eigenvalue weighted by Crippen LogP contribution is -2.45. The molecule has 0 aromatic heterocycles. The Hall–Kier alpha value is -2.04. The monoisotopic (exact) mass is 307 g/mol. The van der Waals surface area contributed by atoms with Crippen molar-refractivity contribution in [3.05, 3.63) is 28.8 Å². The van der Waals surface area contributed by atoms with Gasteiger partial charge in [0.1, 0.15) is 11.8 Å². The summed E-state index contributed by atoms with van der Waals surface area (Å²) in [5.74, 6) is -0.759. The number of carbonyl (C=O) groups is 2. The molecule has 5 heteroatoms. The quantitative estimate of drug-likeness (QED) is 0.811. The van der Waals surface area contributed by atoms with Crippen molar-refractivity contribution in [2.45, 2.75) is 46.6 Å². The average molecular weight is 307 g/mol. The van der Waals surface area contributed by atoms with Gasteiger partial charge in [-0.1, -0.05) is 38.0 Å².